The Bertz CT molecular complexity index is 461. The lowest BCUT2D eigenvalue weighted by atomic mass is 9.98. The van der Waals surface area contributed by atoms with Crippen LogP contribution in [-0.4, -0.2) is 17.5 Å². The molecular weight excluding hydrogens is 357 g/mol. The summed E-state index contributed by atoms with van der Waals surface area (Å²) >= 11 is 2.08. The number of nitrogens with two attached hydrogens (primary N) is 1. The first-order chi connectivity index (χ1) is 9.11. The van der Waals surface area contributed by atoms with Crippen LogP contribution >= 0.6 is 22.6 Å². The molecule has 104 valence electrons. The normalized spacial score (nSPS) is 17.4. The first kappa shape index (κ1) is 14.5. The number of nitro benzene ring substituents is 1. The molecule has 1 aromatic carbocycles. The van der Waals surface area contributed by atoms with Gasteiger partial charge in [0.05, 0.1) is 4.92 Å². The van der Waals surface area contributed by atoms with Crippen molar-refractivity contribution in [2.75, 3.05) is 11.9 Å². The molecule has 3 N–H and O–H groups in total. The molecule has 0 aliphatic heterocycles. The minimum Gasteiger partial charge on any atom is -0.375 e. The van der Waals surface area contributed by atoms with Gasteiger partial charge in [0.25, 0.3) is 5.69 Å². The number of nitrogens with one attached hydrogen (secondary N) is 1. The predicted octanol–water partition coefficient (Wildman–Crippen LogP) is 3.13. The van der Waals surface area contributed by atoms with Gasteiger partial charge >= 0.3 is 0 Å². The molecule has 2 rings (SSSR count). The highest BCUT2D eigenvalue weighted by Gasteiger charge is 2.26. The molecule has 0 bridgehead atoms. The smallest absolute Gasteiger partial charge is 0.293 e. The van der Waals surface area contributed by atoms with Gasteiger partial charge in [-0.05, 0) is 53.5 Å². The molecule has 5 nitrogen and oxygen atoms in total. The van der Waals surface area contributed by atoms with Crippen molar-refractivity contribution in [2.45, 2.75) is 31.7 Å². The van der Waals surface area contributed by atoms with Crippen molar-refractivity contribution in [3.63, 3.8) is 0 Å². The Hall–Kier alpha value is -0.890. The third-order valence-corrected chi connectivity index (χ3v) is 4.39. The summed E-state index contributed by atoms with van der Waals surface area (Å²) < 4.78 is 0.861. The number of benzene rings is 1. The molecule has 0 aromatic heterocycles. The van der Waals surface area contributed by atoms with Gasteiger partial charge in [0, 0.05) is 22.2 Å². The average molecular weight is 375 g/mol. The molecule has 1 unspecified atom stereocenters. The quantitative estimate of drug-likeness (QED) is 0.471. The number of hydrogen-bond acceptors (Lipinski definition) is 4. The predicted molar refractivity (Wildman–Crippen MR) is 84.2 cm³/mol. The number of anilines is 1. The van der Waals surface area contributed by atoms with Crippen LogP contribution in [0.15, 0.2) is 18.2 Å². The third-order valence-electron chi connectivity index (χ3n) is 3.72. The monoisotopic (exact) mass is 375 g/mol. The lowest BCUT2D eigenvalue weighted by Gasteiger charge is -2.24. The lowest BCUT2D eigenvalue weighted by Crippen LogP contribution is -2.35. The molecular formula is C13H18IN3O2. The summed E-state index contributed by atoms with van der Waals surface area (Å²) in [7, 11) is 0. The van der Waals surface area contributed by atoms with Gasteiger partial charge in [0.1, 0.15) is 5.69 Å². The average Bonchev–Trinajstić information content (AvgIpc) is 2.90. The van der Waals surface area contributed by atoms with Crippen LogP contribution in [0.1, 0.15) is 25.7 Å². The molecule has 0 saturated heterocycles. The topological polar surface area (TPSA) is 81.2 Å². The van der Waals surface area contributed by atoms with Crippen LogP contribution in [0, 0.1) is 19.6 Å². The van der Waals surface area contributed by atoms with E-state index >= 15 is 0 Å². The second kappa shape index (κ2) is 6.51. The van der Waals surface area contributed by atoms with Crippen molar-refractivity contribution < 1.29 is 4.92 Å². The summed E-state index contributed by atoms with van der Waals surface area (Å²) in [5.74, 6) is 0.531. The van der Waals surface area contributed by atoms with E-state index in [-0.39, 0.29) is 16.7 Å². The van der Waals surface area contributed by atoms with E-state index in [1.54, 1.807) is 12.1 Å². The fraction of sp³-hybridized carbons (Fsp3) is 0.538. The zero-order valence-electron chi connectivity index (χ0n) is 10.6. The molecule has 0 spiro atoms. The van der Waals surface area contributed by atoms with Crippen LogP contribution in [0.2, 0.25) is 0 Å². The summed E-state index contributed by atoms with van der Waals surface area (Å²) in [6.45, 7) is 0.508. The van der Waals surface area contributed by atoms with Gasteiger partial charge in [0.15, 0.2) is 0 Å². The van der Waals surface area contributed by atoms with Crippen LogP contribution in [0.4, 0.5) is 11.4 Å². The van der Waals surface area contributed by atoms with Crippen molar-refractivity contribution >= 4 is 34.0 Å². The molecule has 0 amide bonds. The van der Waals surface area contributed by atoms with Gasteiger partial charge in [0.2, 0.25) is 0 Å². The van der Waals surface area contributed by atoms with Crippen LogP contribution < -0.4 is 11.1 Å². The van der Waals surface area contributed by atoms with Crippen LogP contribution in [0.5, 0.6) is 0 Å². The highest BCUT2D eigenvalue weighted by atomic mass is 127. The van der Waals surface area contributed by atoms with E-state index in [4.69, 9.17) is 5.73 Å². The molecule has 6 heteroatoms. The van der Waals surface area contributed by atoms with Gasteiger partial charge in [-0.1, -0.05) is 12.8 Å². The van der Waals surface area contributed by atoms with Crippen molar-refractivity contribution in [2.24, 2.45) is 11.7 Å². The fourth-order valence-corrected chi connectivity index (χ4v) is 3.18. The Labute approximate surface area is 126 Å². The molecule has 1 saturated carbocycles. The molecule has 1 aliphatic carbocycles. The molecule has 0 heterocycles. The SMILES string of the molecule is NCC(Nc1ccc(I)cc1[N+](=O)[O-])C1CCCC1. The zero-order chi connectivity index (χ0) is 13.8. The second-order valence-corrected chi connectivity index (χ2v) is 6.20. The first-order valence-electron chi connectivity index (χ1n) is 6.52. The van der Waals surface area contributed by atoms with Crippen LogP contribution in [0.25, 0.3) is 0 Å². The van der Waals surface area contributed by atoms with E-state index in [2.05, 4.69) is 27.9 Å². The fourth-order valence-electron chi connectivity index (χ4n) is 2.71. The maximum absolute atomic E-state index is 11.1. The summed E-state index contributed by atoms with van der Waals surface area (Å²) in [6.07, 6.45) is 4.79. The Morgan fingerprint density at radius 3 is 2.74 bits per heavy atom. The maximum atomic E-state index is 11.1. The van der Waals surface area contributed by atoms with Crippen LogP contribution in [0.3, 0.4) is 0 Å². The lowest BCUT2D eigenvalue weighted by molar-refractivity contribution is -0.384. The highest BCUT2D eigenvalue weighted by Crippen LogP contribution is 2.32. The third kappa shape index (κ3) is 3.56. The van der Waals surface area contributed by atoms with E-state index in [9.17, 15) is 10.1 Å². The number of rotatable bonds is 5. The van der Waals surface area contributed by atoms with E-state index in [0.29, 0.717) is 18.2 Å². The Morgan fingerprint density at radius 2 is 2.16 bits per heavy atom. The van der Waals surface area contributed by atoms with Crippen molar-refractivity contribution in [3.05, 3.63) is 31.9 Å². The molecule has 0 radical (unpaired) electrons. The maximum Gasteiger partial charge on any atom is 0.293 e. The summed E-state index contributed by atoms with van der Waals surface area (Å²) in [6, 6.07) is 5.36. The van der Waals surface area contributed by atoms with Crippen molar-refractivity contribution in [1.82, 2.24) is 0 Å². The Morgan fingerprint density at radius 1 is 1.47 bits per heavy atom. The van der Waals surface area contributed by atoms with Gasteiger partial charge in [-0.15, -0.1) is 0 Å². The summed E-state index contributed by atoms with van der Waals surface area (Å²) in [5.41, 5.74) is 6.53. The standard InChI is InChI=1S/C13H18IN3O2/c14-10-5-6-11(13(7-10)17(18)19)16-12(8-15)9-3-1-2-4-9/h5-7,9,12,16H,1-4,8,15H2. The first-order valence-corrected chi connectivity index (χ1v) is 7.60. The molecule has 1 fully saturated rings. The Kier molecular flexibility index (Phi) is 4.98. The molecule has 1 atom stereocenters. The van der Waals surface area contributed by atoms with Gasteiger partial charge < -0.3 is 11.1 Å². The number of halogens is 1. The zero-order valence-corrected chi connectivity index (χ0v) is 12.8. The van der Waals surface area contributed by atoms with E-state index in [1.807, 2.05) is 6.07 Å². The highest BCUT2D eigenvalue weighted by molar-refractivity contribution is 14.1. The van der Waals surface area contributed by atoms with E-state index in [1.165, 1.54) is 12.8 Å². The molecule has 1 aromatic rings. The number of hydrogen-bond donors (Lipinski definition) is 2. The summed E-state index contributed by atoms with van der Waals surface area (Å²) in [4.78, 5) is 10.8. The van der Waals surface area contributed by atoms with Crippen molar-refractivity contribution in [3.8, 4) is 0 Å². The van der Waals surface area contributed by atoms with Gasteiger partial charge in [-0.3, -0.25) is 10.1 Å². The minimum atomic E-state index is -0.341. The van der Waals surface area contributed by atoms with E-state index < -0.39 is 0 Å². The van der Waals surface area contributed by atoms with Crippen molar-refractivity contribution in [1.29, 1.82) is 0 Å². The van der Waals surface area contributed by atoms with Crippen LogP contribution in [-0.2, 0) is 0 Å². The number of nitro groups is 1. The van der Waals surface area contributed by atoms with E-state index in [0.717, 1.165) is 16.4 Å². The van der Waals surface area contributed by atoms with Gasteiger partial charge in [-0.25, -0.2) is 0 Å². The Balaban J connectivity index is 2.18. The summed E-state index contributed by atoms with van der Waals surface area (Å²) in [5, 5.41) is 14.4. The molecule has 19 heavy (non-hydrogen) atoms. The van der Waals surface area contributed by atoms with Gasteiger partial charge in [-0.2, -0.15) is 0 Å². The largest absolute Gasteiger partial charge is 0.375 e. The molecule has 1 aliphatic rings. The number of nitrogens with zero attached hydrogens (tertiary/aromatic N) is 1. The minimum absolute atomic E-state index is 0.126. The second-order valence-electron chi connectivity index (χ2n) is 4.95.